The number of hydrogen-bond donors (Lipinski definition) is 1. The first-order chi connectivity index (χ1) is 15.1. The number of hydrogen-bond acceptors (Lipinski definition) is 5. The second-order valence-corrected chi connectivity index (χ2v) is 8.37. The number of ether oxygens (including phenoxy) is 2. The third-order valence-corrected chi connectivity index (χ3v) is 5.79. The summed E-state index contributed by atoms with van der Waals surface area (Å²) < 4.78 is 11.3. The Morgan fingerprint density at radius 3 is 2.81 bits per heavy atom. The van der Waals surface area contributed by atoms with E-state index in [1.165, 1.54) is 5.56 Å². The summed E-state index contributed by atoms with van der Waals surface area (Å²) in [6, 6.07) is 17.1. The first-order valence-electron chi connectivity index (χ1n) is 10.2. The lowest BCUT2D eigenvalue weighted by Gasteiger charge is -2.30. The van der Waals surface area contributed by atoms with Gasteiger partial charge in [-0.3, -0.25) is 9.59 Å². The van der Waals surface area contributed by atoms with Gasteiger partial charge >= 0.3 is 0 Å². The summed E-state index contributed by atoms with van der Waals surface area (Å²) in [7, 11) is 0. The number of fused-ring (bicyclic) bond motifs is 1. The number of rotatable bonds is 8. The minimum absolute atomic E-state index is 0.00982. The van der Waals surface area contributed by atoms with Crippen LogP contribution >= 0.6 is 11.3 Å². The molecule has 4 rings (SSSR count). The Balaban J connectivity index is 1.37. The van der Waals surface area contributed by atoms with Crippen molar-refractivity contribution in [1.29, 1.82) is 0 Å². The predicted molar refractivity (Wildman–Crippen MR) is 122 cm³/mol. The second kappa shape index (κ2) is 9.66. The van der Waals surface area contributed by atoms with E-state index in [9.17, 15) is 9.59 Å². The van der Waals surface area contributed by atoms with Crippen LogP contribution in [-0.2, 0) is 16.0 Å². The van der Waals surface area contributed by atoms with Crippen molar-refractivity contribution in [3.05, 3.63) is 70.4 Å². The van der Waals surface area contributed by atoms with Crippen LogP contribution in [-0.4, -0.2) is 31.6 Å². The Morgan fingerprint density at radius 2 is 2.03 bits per heavy atom. The van der Waals surface area contributed by atoms with E-state index < -0.39 is 0 Å². The molecule has 2 heterocycles. The summed E-state index contributed by atoms with van der Waals surface area (Å²) >= 11 is 1.55. The van der Waals surface area contributed by atoms with Crippen LogP contribution in [0.1, 0.15) is 16.9 Å². The average molecular weight is 437 g/mol. The zero-order chi connectivity index (χ0) is 21.6. The Morgan fingerprint density at radius 1 is 1.19 bits per heavy atom. The highest BCUT2D eigenvalue weighted by atomic mass is 32.1. The molecule has 2 aromatic carbocycles. The van der Waals surface area contributed by atoms with Gasteiger partial charge in [-0.05, 0) is 55.1 Å². The Kier molecular flexibility index (Phi) is 6.52. The topological polar surface area (TPSA) is 67.9 Å². The Hall–Kier alpha value is -3.32. The van der Waals surface area contributed by atoms with Gasteiger partial charge in [-0.2, -0.15) is 0 Å². The largest absolute Gasteiger partial charge is 0.494 e. The third-order valence-electron chi connectivity index (χ3n) is 4.92. The lowest BCUT2D eigenvalue weighted by atomic mass is 10.2. The molecule has 31 heavy (non-hydrogen) atoms. The zero-order valence-corrected chi connectivity index (χ0v) is 18.1. The van der Waals surface area contributed by atoms with E-state index >= 15 is 0 Å². The highest BCUT2D eigenvalue weighted by Crippen LogP contribution is 2.34. The van der Waals surface area contributed by atoms with E-state index in [0.29, 0.717) is 43.1 Å². The van der Waals surface area contributed by atoms with Crippen LogP contribution < -0.4 is 19.7 Å². The van der Waals surface area contributed by atoms with Crippen molar-refractivity contribution in [2.45, 2.75) is 19.8 Å². The summed E-state index contributed by atoms with van der Waals surface area (Å²) in [5, 5.41) is 4.86. The maximum atomic E-state index is 12.5. The van der Waals surface area contributed by atoms with Crippen LogP contribution in [0.15, 0.2) is 60.0 Å². The molecule has 1 N–H and O–H groups in total. The monoisotopic (exact) mass is 436 g/mol. The molecule has 1 aliphatic heterocycles. The molecular weight excluding hydrogens is 412 g/mol. The number of carbonyl (C=O) groups is 2. The van der Waals surface area contributed by atoms with Crippen LogP contribution in [0.2, 0.25) is 0 Å². The number of anilines is 2. The van der Waals surface area contributed by atoms with E-state index in [4.69, 9.17) is 9.47 Å². The number of benzene rings is 2. The summed E-state index contributed by atoms with van der Waals surface area (Å²) in [5.41, 5.74) is 2.49. The van der Waals surface area contributed by atoms with Crippen LogP contribution in [0, 0.1) is 6.92 Å². The molecular formula is C24H24N2O4S. The number of aryl methyl sites for hydroxylation is 1. The number of amides is 2. The molecule has 0 saturated heterocycles. The quantitative estimate of drug-likeness (QED) is 0.531. The zero-order valence-electron chi connectivity index (χ0n) is 17.3. The van der Waals surface area contributed by atoms with Crippen LogP contribution in [0.5, 0.6) is 11.5 Å². The van der Waals surface area contributed by atoms with Gasteiger partial charge in [0.05, 0.1) is 18.7 Å². The molecule has 0 radical (unpaired) electrons. The molecule has 7 heteroatoms. The third kappa shape index (κ3) is 5.44. The number of carbonyl (C=O) groups excluding carboxylic acids is 2. The Labute approximate surface area is 185 Å². The Bertz CT molecular complexity index is 1050. The summed E-state index contributed by atoms with van der Waals surface area (Å²) in [4.78, 5) is 27.5. The smallest absolute Gasteiger partial charge is 0.265 e. The molecule has 0 spiro atoms. The van der Waals surface area contributed by atoms with Crippen molar-refractivity contribution >= 4 is 34.5 Å². The van der Waals surface area contributed by atoms with E-state index in [0.717, 1.165) is 10.6 Å². The normalized spacial score (nSPS) is 12.8. The summed E-state index contributed by atoms with van der Waals surface area (Å²) in [5.74, 6) is 1.25. The SMILES string of the molecule is Cc1ccc(OCCCN2C(=O)COc3ccc(NC(=O)Cc4cccs4)cc32)cc1. The van der Waals surface area contributed by atoms with Crippen molar-refractivity contribution < 1.29 is 19.1 Å². The minimum Gasteiger partial charge on any atom is -0.494 e. The van der Waals surface area contributed by atoms with Gasteiger partial charge in [0, 0.05) is 17.1 Å². The molecule has 6 nitrogen and oxygen atoms in total. The molecule has 160 valence electrons. The first-order valence-corrected chi connectivity index (χ1v) is 11.1. The van der Waals surface area contributed by atoms with Crippen LogP contribution in [0.3, 0.4) is 0 Å². The second-order valence-electron chi connectivity index (χ2n) is 7.34. The van der Waals surface area contributed by atoms with E-state index in [2.05, 4.69) is 5.32 Å². The molecule has 3 aromatic rings. The molecule has 2 amide bonds. The fraction of sp³-hybridized carbons (Fsp3) is 0.250. The molecule has 1 aromatic heterocycles. The standard InChI is InChI=1S/C24H24N2O4S/c1-17-5-8-19(9-6-17)29-12-3-11-26-21-14-18(7-10-22(21)30-16-24(26)28)25-23(27)15-20-4-2-13-31-20/h2,4-10,13-14H,3,11-12,15-16H2,1H3,(H,25,27). The molecule has 0 fully saturated rings. The molecule has 1 aliphatic rings. The molecule has 0 aliphatic carbocycles. The fourth-order valence-corrected chi connectivity index (χ4v) is 4.05. The maximum Gasteiger partial charge on any atom is 0.265 e. The van der Waals surface area contributed by atoms with Gasteiger partial charge in [-0.1, -0.05) is 23.8 Å². The first kappa shape index (κ1) is 20.9. The van der Waals surface area contributed by atoms with Crippen molar-refractivity contribution in [3.63, 3.8) is 0 Å². The van der Waals surface area contributed by atoms with Gasteiger partial charge in [0.1, 0.15) is 11.5 Å². The van der Waals surface area contributed by atoms with Crippen molar-refractivity contribution in [3.8, 4) is 11.5 Å². The summed E-state index contributed by atoms with van der Waals surface area (Å²) in [6.45, 7) is 3.05. The minimum atomic E-state index is -0.107. The van der Waals surface area contributed by atoms with E-state index in [-0.39, 0.29) is 18.4 Å². The molecule has 0 saturated carbocycles. The van der Waals surface area contributed by atoms with Crippen LogP contribution in [0.25, 0.3) is 0 Å². The highest BCUT2D eigenvalue weighted by molar-refractivity contribution is 7.10. The maximum absolute atomic E-state index is 12.5. The highest BCUT2D eigenvalue weighted by Gasteiger charge is 2.25. The van der Waals surface area contributed by atoms with Crippen molar-refractivity contribution in [2.24, 2.45) is 0 Å². The molecule has 0 bridgehead atoms. The number of nitrogens with zero attached hydrogens (tertiary/aromatic N) is 1. The van der Waals surface area contributed by atoms with Crippen LogP contribution in [0.4, 0.5) is 11.4 Å². The van der Waals surface area contributed by atoms with E-state index in [1.807, 2.05) is 48.7 Å². The predicted octanol–water partition coefficient (Wildman–Crippen LogP) is 4.43. The van der Waals surface area contributed by atoms with Crippen molar-refractivity contribution in [1.82, 2.24) is 0 Å². The lowest BCUT2D eigenvalue weighted by Crippen LogP contribution is -2.39. The number of thiophene rings is 1. The van der Waals surface area contributed by atoms with Gasteiger partial charge in [0.15, 0.2) is 6.61 Å². The van der Waals surface area contributed by atoms with Gasteiger partial charge in [0.25, 0.3) is 5.91 Å². The van der Waals surface area contributed by atoms with Gasteiger partial charge in [-0.25, -0.2) is 0 Å². The van der Waals surface area contributed by atoms with Gasteiger partial charge < -0.3 is 19.7 Å². The van der Waals surface area contributed by atoms with E-state index in [1.54, 1.807) is 34.4 Å². The molecule has 0 unspecified atom stereocenters. The number of nitrogens with one attached hydrogen (secondary N) is 1. The average Bonchev–Trinajstić information content (AvgIpc) is 3.26. The van der Waals surface area contributed by atoms with Gasteiger partial charge in [0.2, 0.25) is 5.91 Å². The summed E-state index contributed by atoms with van der Waals surface area (Å²) in [6.07, 6.45) is 0.998. The molecule has 0 atom stereocenters. The fourth-order valence-electron chi connectivity index (χ4n) is 3.35. The van der Waals surface area contributed by atoms with Crippen molar-refractivity contribution in [2.75, 3.05) is 30.0 Å². The van der Waals surface area contributed by atoms with Gasteiger partial charge in [-0.15, -0.1) is 11.3 Å². The lowest BCUT2D eigenvalue weighted by molar-refractivity contribution is -0.121.